The summed E-state index contributed by atoms with van der Waals surface area (Å²) in [5.74, 6) is 0.944. The van der Waals surface area contributed by atoms with Crippen molar-refractivity contribution in [3.8, 4) is 11.8 Å². The Balaban J connectivity index is 1.66. The first-order valence-electron chi connectivity index (χ1n) is 10.6. The third-order valence-electron chi connectivity index (χ3n) is 5.65. The Morgan fingerprint density at radius 2 is 1.74 bits per heavy atom. The molecule has 0 spiro atoms. The van der Waals surface area contributed by atoms with Crippen molar-refractivity contribution in [2.45, 2.75) is 13.5 Å². The molecule has 8 heteroatoms. The molecular formula is C26H20N6O2. The van der Waals surface area contributed by atoms with Gasteiger partial charge in [0.15, 0.2) is 0 Å². The second kappa shape index (κ2) is 8.64. The standard InChI is InChI=1S/C26H20N6O2/c1-17-28-29-26-31(16-19-9-7-18(15-27)8-10-19)30-24(22-5-3-4-6-23(22)32(17)26)20-11-13-21(14-12-20)25(33)34-2/h3-14H,16H2,1-2H3. The van der Waals surface area contributed by atoms with Crippen molar-refractivity contribution in [3.05, 3.63) is 106 Å². The van der Waals surface area contributed by atoms with Gasteiger partial charge in [-0.2, -0.15) is 10.4 Å². The number of carbonyl (C=O) groups excluding carboxylic acids is 1. The van der Waals surface area contributed by atoms with E-state index >= 15 is 0 Å². The van der Waals surface area contributed by atoms with E-state index in [0.29, 0.717) is 23.6 Å². The minimum Gasteiger partial charge on any atom is -0.465 e. The normalized spacial score (nSPS) is 12.1. The summed E-state index contributed by atoms with van der Waals surface area (Å²) < 4.78 is 6.81. The zero-order chi connectivity index (χ0) is 23.7. The van der Waals surface area contributed by atoms with Gasteiger partial charge in [0.05, 0.1) is 36.5 Å². The molecule has 1 aliphatic rings. The highest BCUT2D eigenvalue weighted by Crippen LogP contribution is 2.30. The number of nitriles is 1. The molecular weight excluding hydrogens is 428 g/mol. The lowest BCUT2D eigenvalue weighted by molar-refractivity contribution is 0.0600. The van der Waals surface area contributed by atoms with Crippen LogP contribution in [-0.4, -0.2) is 33.6 Å². The van der Waals surface area contributed by atoms with Crippen LogP contribution in [0, 0.1) is 18.3 Å². The number of hydrogen-bond acceptors (Lipinski definition) is 7. The summed E-state index contributed by atoms with van der Waals surface area (Å²) in [5.41, 5.74) is 5.46. The summed E-state index contributed by atoms with van der Waals surface area (Å²) in [5, 5.41) is 24.7. The number of fused-ring (bicyclic) bond motifs is 3. The summed E-state index contributed by atoms with van der Waals surface area (Å²) in [4.78, 5) is 11.9. The molecule has 8 nitrogen and oxygen atoms in total. The monoisotopic (exact) mass is 448 g/mol. The van der Waals surface area contributed by atoms with Gasteiger partial charge in [-0.15, -0.1) is 10.2 Å². The molecule has 0 saturated carbocycles. The Labute approximate surface area is 196 Å². The maximum Gasteiger partial charge on any atom is 0.337 e. The zero-order valence-corrected chi connectivity index (χ0v) is 18.6. The molecule has 0 aliphatic carbocycles. The van der Waals surface area contributed by atoms with Crippen LogP contribution in [0.25, 0.3) is 5.69 Å². The Hall–Kier alpha value is -4.77. The second-order valence-corrected chi connectivity index (χ2v) is 7.78. The van der Waals surface area contributed by atoms with E-state index in [0.717, 1.165) is 33.9 Å². The van der Waals surface area contributed by atoms with Crippen molar-refractivity contribution >= 4 is 17.6 Å². The number of anilines is 1. The van der Waals surface area contributed by atoms with Gasteiger partial charge in [0.2, 0.25) is 0 Å². The maximum absolute atomic E-state index is 11.9. The minimum atomic E-state index is -0.390. The number of esters is 1. The third-order valence-corrected chi connectivity index (χ3v) is 5.65. The molecule has 0 atom stereocenters. The van der Waals surface area contributed by atoms with Gasteiger partial charge in [-0.25, -0.2) is 9.80 Å². The van der Waals surface area contributed by atoms with Crippen molar-refractivity contribution in [2.75, 3.05) is 12.1 Å². The molecule has 34 heavy (non-hydrogen) atoms. The topological polar surface area (TPSA) is 96.4 Å². The van der Waals surface area contributed by atoms with Crippen LogP contribution >= 0.6 is 0 Å². The fourth-order valence-corrected chi connectivity index (χ4v) is 3.95. The number of methoxy groups -OCH3 is 1. The number of rotatable bonds is 4. The third kappa shape index (κ3) is 3.69. The lowest BCUT2D eigenvalue weighted by atomic mass is 9.99. The van der Waals surface area contributed by atoms with Gasteiger partial charge < -0.3 is 4.74 Å². The number of hydrazone groups is 1. The van der Waals surface area contributed by atoms with E-state index in [-0.39, 0.29) is 5.97 Å². The minimum absolute atomic E-state index is 0.390. The van der Waals surface area contributed by atoms with Gasteiger partial charge in [-0.1, -0.05) is 42.5 Å². The molecule has 0 fully saturated rings. The smallest absolute Gasteiger partial charge is 0.337 e. The van der Waals surface area contributed by atoms with Crippen LogP contribution in [0.5, 0.6) is 0 Å². The van der Waals surface area contributed by atoms with Crippen LogP contribution in [0.15, 0.2) is 77.9 Å². The average Bonchev–Trinajstić information content (AvgIpc) is 3.21. The van der Waals surface area contributed by atoms with E-state index in [1.165, 1.54) is 7.11 Å². The lowest BCUT2D eigenvalue weighted by Crippen LogP contribution is -2.20. The molecule has 3 aromatic carbocycles. The Morgan fingerprint density at radius 3 is 2.44 bits per heavy atom. The largest absolute Gasteiger partial charge is 0.465 e. The molecule has 0 bridgehead atoms. The first-order valence-corrected chi connectivity index (χ1v) is 10.6. The number of carbonyl (C=O) groups is 1. The predicted molar refractivity (Wildman–Crippen MR) is 127 cm³/mol. The highest BCUT2D eigenvalue weighted by molar-refractivity contribution is 6.16. The fourth-order valence-electron chi connectivity index (χ4n) is 3.95. The Bertz CT molecular complexity index is 1450. The molecule has 0 N–H and O–H groups in total. The van der Waals surface area contributed by atoms with E-state index in [9.17, 15) is 4.79 Å². The molecule has 1 aliphatic heterocycles. The quantitative estimate of drug-likeness (QED) is 0.438. The number of benzene rings is 3. The van der Waals surface area contributed by atoms with Gasteiger partial charge in [0, 0.05) is 11.1 Å². The molecule has 4 aromatic rings. The summed E-state index contributed by atoms with van der Waals surface area (Å²) >= 11 is 0. The molecule has 1 aromatic heterocycles. The average molecular weight is 448 g/mol. The highest BCUT2D eigenvalue weighted by Gasteiger charge is 2.26. The van der Waals surface area contributed by atoms with Crippen LogP contribution in [-0.2, 0) is 11.3 Å². The number of aromatic nitrogens is 3. The van der Waals surface area contributed by atoms with Crippen LogP contribution in [0.4, 0.5) is 5.95 Å². The molecule has 0 unspecified atom stereocenters. The van der Waals surface area contributed by atoms with Crippen LogP contribution in [0.1, 0.15) is 38.4 Å². The summed E-state index contributed by atoms with van der Waals surface area (Å²) in [6.45, 7) is 2.34. The van der Waals surface area contributed by atoms with Gasteiger partial charge in [0.1, 0.15) is 11.5 Å². The van der Waals surface area contributed by atoms with Crippen LogP contribution < -0.4 is 5.01 Å². The van der Waals surface area contributed by atoms with E-state index in [1.807, 2.05) is 65.0 Å². The summed E-state index contributed by atoms with van der Waals surface area (Å²) in [7, 11) is 1.36. The maximum atomic E-state index is 11.9. The van der Waals surface area contributed by atoms with Crippen LogP contribution in [0.2, 0.25) is 0 Å². The van der Waals surface area contributed by atoms with Gasteiger partial charge in [0.25, 0.3) is 5.95 Å². The number of hydrogen-bond donors (Lipinski definition) is 0. The van der Waals surface area contributed by atoms with Gasteiger partial charge >= 0.3 is 5.97 Å². The number of aryl methyl sites for hydroxylation is 1. The van der Waals surface area contributed by atoms with E-state index in [1.54, 1.807) is 24.3 Å². The Kier molecular flexibility index (Phi) is 5.36. The van der Waals surface area contributed by atoms with E-state index in [2.05, 4.69) is 16.3 Å². The highest BCUT2D eigenvalue weighted by atomic mass is 16.5. The number of ether oxygens (including phenoxy) is 1. The van der Waals surface area contributed by atoms with Crippen molar-refractivity contribution in [1.82, 2.24) is 14.8 Å². The first kappa shape index (κ1) is 21.1. The van der Waals surface area contributed by atoms with Crippen molar-refractivity contribution in [2.24, 2.45) is 5.10 Å². The molecule has 5 rings (SSSR count). The molecule has 2 heterocycles. The SMILES string of the molecule is COC(=O)c1ccc(C2=NN(Cc3ccc(C#N)cc3)c3nnc(C)n3-c3ccccc32)cc1. The molecule has 0 radical (unpaired) electrons. The molecule has 0 amide bonds. The fraction of sp³-hybridized carbons (Fsp3) is 0.115. The lowest BCUT2D eigenvalue weighted by Gasteiger charge is -2.18. The van der Waals surface area contributed by atoms with Gasteiger partial charge in [-0.05, 0) is 42.8 Å². The van der Waals surface area contributed by atoms with Crippen LogP contribution in [0.3, 0.4) is 0 Å². The van der Waals surface area contributed by atoms with Crippen molar-refractivity contribution in [1.29, 1.82) is 5.26 Å². The number of nitrogens with zero attached hydrogens (tertiary/aromatic N) is 6. The number of para-hydroxylation sites is 1. The van der Waals surface area contributed by atoms with Crippen molar-refractivity contribution < 1.29 is 9.53 Å². The zero-order valence-electron chi connectivity index (χ0n) is 18.6. The Morgan fingerprint density at radius 1 is 1.00 bits per heavy atom. The predicted octanol–water partition coefficient (Wildman–Crippen LogP) is 4.01. The van der Waals surface area contributed by atoms with E-state index < -0.39 is 0 Å². The molecule has 0 saturated heterocycles. The second-order valence-electron chi connectivity index (χ2n) is 7.78. The molecule has 166 valence electrons. The van der Waals surface area contributed by atoms with Gasteiger partial charge in [-0.3, -0.25) is 4.57 Å². The van der Waals surface area contributed by atoms with Crippen molar-refractivity contribution in [3.63, 3.8) is 0 Å². The summed E-state index contributed by atoms with van der Waals surface area (Å²) in [6.07, 6.45) is 0. The van der Waals surface area contributed by atoms with E-state index in [4.69, 9.17) is 15.1 Å². The summed E-state index contributed by atoms with van der Waals surface area (Å²) in [6, 6.07) is 24.7. The first-order chi connectivity index (χ1) is 16.6.